The third kappa shape index (κ3) is 1380. The lowest BCUT2D eigenvalue weighted by Gasteiger charge is -1.75. The molecule has 0 aliphatic heterocycles. The molecule has 0 aromatic rings. The molecule has 0 spiro atoms. The van der Waals surface area contributed by atoms with Gasteiger partial charge >= 0.3 is 0 Å². The summed E-state index contributed by atoms with van der Waals surface area (Å²) >= 11 is 0. The second kappa shape index (κ2) is 18.8. The first kappa shape index (κ1) is 23.7. The van der Waals surface area contributed by atoms with Crippen molar-refractivity contribution >= 4 is 36.3 Å². The van der Waals surface area contributed by atoms with Crippen LogP contribution in [0.5, 0.6) is 0 Å². The lowest BCUT2D eigenvalue weighted by molar-refractivity contribution is 1.91. The molecule has 0 rings (SSSR count). The minimum atomic E-state index is -0.139. The average molecular weight is 257 g/mol. The highest BCUT2D eigenvalue weighted by atomic mass is 31.0. The Labute approximate surface area is 95.4 Å². The van der Waals surface area contributed by atoms with Crippen LogP contribution in [0.2, 0.25) is 58.9 Å². The van der Waals surface area contributed by atoms with E-state index in [-0.39, 0.29) is 36.3 Å². The van der Waals surface area contributed by atoms with E-state index in [9.17, 15) is 0 Å². The van der Waals surface area contributed by atoms with Gasteiger partial charge in [-0.15, -0.1) is 0 Å². The largest absolute Gasteiger partial charge is 0.153 e. The van der Waals surface area contributed by atoms with E-state index < -0.39 is 0 Å². The summed E-state index contributed by atoms with van der Waals surface area (Å²) in [6.07, 6.45) is 0. The Morgan fingerprint density at radius 3 is 0.385 bits per heavy atom. The van der Waals surface area contributed by atoms with Crippen molar-refractivity contribution in [3.63, 3.8) is 0 Å². The fraction of sp³-hybridized carbons (Fsp3) is 1.00. The maximum Gasteiger partial charge on any atom is 0.0274 e. The number of hydrogen-bond acceptors (Lipinski definition) is 0. The van der Waals surface area contributed by atoms with E-state index in [4.69, 9.17) is 0 Å². The number of hydrogen-bond donors (Lipinski definition) is 0. The van der Waals surface area contributed by atoms with Crippen molar-refractivity contribution in [2.24, 2.45) is 0 Å². The lowest BCUT2D eigenvalue weighted by atomic mass is 11.8. The van der Waals surface area contributed by atoms with Crippen LogP contribution in [-0.2, 0) is 0 Å². The summed E-state index contributed by atoms with van der Waals surface area (Å²) in [6.45, 7) is 20.8. The molecule has 0 saturated carbocycles. The molecular formula is C9H33PSi3. The first-order chi connectivity index (χ1) is 5.20. The zero-order valence-corrected chi connectivity index (χ0v) is 16.3. The van der Waals surface area contributed by atoms with Crippen molar-refractivity contribution in [3.05, 3.63) is 0 Å². The van der Waals surface area contributed by atoms with Gasteiger partial charge in [0.1, 0.15) is 0 Å². The normalized spacial score (nSPS) is 8.31. The Kier molecular flexibility index (Phi) is 34.3. The predicted molar refractivity (Wildman–Crippen MR) is 85.3 cm³/mol. The van der Waals surface area contributed by atoms with Crippen LogP contribution in [0.1, 0.15) is 0 Å². The van der Waals surface area contributed by atoms with Crippen molar-refractivity contribution in [2.45, 2.75) is 58.9 Å². The van der Waals surface area contributed by atoms with Crippen LogP contribution in [0, 0.1) is 0 Å². The van der Waals surface area contributed by atoms with Gasteiger partial charge in [0.05, 0.1) is 0 Å². The molecule has 0 radical (unpaired) electrons. The highest BCUT2D eigenvalue weighted by Crippen LogP contribution is 1.68. The van der Waals surface area contributed by atoms with E-state index in [1.165, 1.54) is 0 Å². The molecule has 0 saturated heterocycles. The molecule has 0 bridgehead atoms. The summed E-state index contributed by atoms with van der Waals surface area (Å²) < 4.78 is 0. The van der Waals surface area contributed by atoms with Crippen LogP contribution >= 0.6 is 9.90 Å². The van der Waals surface area contributed by atoms with Gasteiger partial charge in [-0.25, -0.2) is 0 Å². The topological polar surface area (TPSA) is 0 Å². The minimum absolute atomic E-state index is 0. The molecule has 0 N–H and O–H groups in total. The van der Waals surface area contributed by atoms with E-state index in [2.05, 4.69) is 58.9 Å². The van der Waals surface area contributed by atoms with E-state index in [1.54, 1.807) is 0 Å². The van der Waals surface area contributed by atoms with Crippen LogP contribution in [0.15, 0.2) is 0 Å². The third-order valence-corrected chi connectivity index (χ3v) is 0. The smallest absolute Gasteiger partial charge is 0.0274 e. The average Bonchev–Trinajstić information content (AvgIpc) is 1.54. The molecule has 0 heterocycles. The van der Waals surface area contributed by atoms with Gasteiger partial charge in [-0.05, 0) is 0 Å². The van der Waals surface area contributed by atoms with Crippen molar-refractivity contribution in [1.29, 1.82) is 0 Å². The van der Waals surface area contributed by atoms with Crippen LogP contribution in [0.3, 0.4) is 0 Å². The quantitative estimate of drug-likeness (QED) is 0.460. The molecule has 13 heavy (non-hydrogen) atoms. The van der Waals surface area contributed by atoms with Crippen LogP contribution in [0.25, 0.3) is 0 Å². The summed E-state index contributed by atoms with van der Waals surface area (Å²) in [6, 6.07) is 0. The molecule has 86 valence electrons. The van der Waals surface area contributed by atoms with Crippen molar-refractivity contribution in [3.8, 4) is 0 Å². The van der Waals surface area contributed by atoms with E-state index in [0.29, 0.717) is 0 Å². The molecule has 1 unspecified atom stereocenters. The molecular weight excluding hydrogens is 223 g/mol. The van der Waals surface area contributed by atoms with Crippen molar-refractivity contribution < 1.29 is 0 Å². The minimum Gasteiger partial charge on any atom is -0.153 e. The van der Waals surface area contributed by atoms with Gasteiger partial charge in [0.25, 0.3) is 0 Å². The summed E-state index contributed by atoms with van der Waals surface area (Å²) in [7, 11) is -0.417. The molecule has 0 nitrogen and oxygen atoms in total. The van der Waals surface area contributed by atoms with Crippen LogP contribution in [0.4, 0.5) is 0 Å². The van der Waals surface area contributed by atoms with Gasteiger partial charge in [0.2, 0.25) is 0 Å². The lowest BCUT2D eigenvalue weighted by Crippen LogP contribution is -1.84. The molecule has 0 aliphatic rings. The SMILES string of the molecule is C[SiH](C)C.C[SiH](C)C.C[SiH](C)C.P. The zero-order chi connectivity index (χ0) is 10.7. The first-order valence-electron chi connectivity index (χ1n) is 5.20. The van der Waals surface area contributed by atoms with Gasteiger partial charge in [-0.1, -0.05) is 58.9 Å². The molecule has 1 atom stereocenters. The van der Waals surface area contributed by atoms with Gasteiger partial charge < -0.3 is 0 Å². The van der Waals surface area contributed by atoms with Crippen molar-refractivity contribution in [1.82, 2.24) is 0 Å². The highest BCUT2D eigenvalue weighted by Gasteiger charge is 1.72. The fourth-order valence-electron chi connectivity index (χ4n) is 0. The summed E-state index contributed by atoms with van der Waals surface area (Å²) in [5.41, 5.74) is 0. The first-order valence-corrected chi connectivity index (χ1v) is 15.6. The van der Waals surface area contributed by atoms with E-state index in [0.717, 1.165) is 0 Å². The van der Waals surface area contributed by atoms with E-state index in [1.807, 2.05) is 0 Å². The number of rotatable bonds is 0. The maximum absolute atomic E-state index is 2.31. The third-order valence-electron chi connectivity index (χ3n) is 0. The Bertz CT molecular complexity index is 43.4. The van der Waals surface area contributed by atoms with Crippen LogP contribution < -0.4 is 0 Å². The highest BCUT2D eigenvalue weighted by molar-refractivity contribution is 6.92. The molecule has 4 heteroatoms. The van der Waals surface area contributed by atoms with Gasteiger partial charge in [0.15, 0.2) is 0 Å². The molecule has 0 aromatic heterocycles. The second-order valence-electron chi connectivity index (χ2n) is 5.20. The van der Waals surface area contributed by atoms with Crippen molar-refractivity contribution in [2.75, 3.05) is 0 Å². The summed E-state index contributed by atoms with van der Waals surface area (Å²) in [4.78, 5) is 0. The second-order valence-corrected chi connectivity index (χ2v) is 15.6. The Morgan fingerprint density at radius 2 is 0.385 bits per heavy atom. The molecule has 0 fully saturated rings. The Hall–Kier alpha value is 1.08. The van der Waals surface area contributed by atoms with Gasteiger partial charge in [-0.2, -0.15) is 9.90 Å². The Morgan fingerprint density at radius 1 is 0.385 bits per heavy atom. The van der Waals surface area contributed by atoms with E-state index >= 15 is 0 Å². The zero-order valence-electron chi connectivity index (χ0n) is 11.4. The molecule has 0 aliphatic carbocycles. The standard InChI is InChI=1S/3C3H10Si.H3P/c3*1-4(2)3;/h3*4H,1-3H3;1H3. The summed E-state index contributed by atoms with van der Waals surface area (Å²) in [5, 5.41) is 0. The fourth-order valence-corrected chi connectivity index (χ4v) is 0. The van der Waals surface area contributed by atoms with Gasteiger partial charge in [-0.3, -0.25) is 0 Å². The molecule has 0 aromatic carbocycles. The Balaban J connectivity index is -0.0000000450. The monoisotopic (exact) mass is 256 g/mol. The molecule has 0 amide bonds. The van der Waals surface area contributed by atoms with Crippen LogP contribution in [-0.4, -0.2) is 26.4 Å². The van der Waals surface area contributed by atoms with Gasteiger partial charge in [0, 0.05) is 26.4 Å². The summed E-state index contributed by atoms with van der Waals surface area (Å²) in [5.74, 6) is 0. The predicted octanol–water partition coefficient (Wildman–Crippen LogP) is 3.37. The maximum atomic E-state index is 2.31.